The zero-order valence-electron chi connectivity index (χ0n) is 17.1. The van der Waals surface area contributed by atoms with Crippen molar-refractivity contribution in [1.29, 1.82) is 0 Å². The molecule has 158 valence electrons. The predicted molar refractivity (Wildman–Crippen MR) is 114 cm³/mol. The number of amides is 1. The lowest BCUT2D eigenvalue weighted by molar-refractivity contribution is -0.551. The van der Waals surface area contributed by atoms with Gasteiger partial charge in [-0.2, -0.15) is 0 Å². The Morgan fingerprint density at radius 1 is 1.10 bits per heavy atom. The van der Waals surface area contributed by atoms with Crippen LogP contribution in [0.2, 0.25) is 0 Å². The van der Waals surface area contributed by atoms with Gasteiger partial charge in [-0.1, -0.05) is 48.5 Å². The summed E-state index contributed by atoms with van der Waals surface area (Å²) in [6, 6.07) is 19.2. The summed E-state index contributed by atoms with van der Waals surface area (Å²) in [5.74, 6) is -0.0403. The summed E-state index contributed by atoms with van der Waals surface area (Å²) >= 11 is 0. The Balaban J connectivity index is 1.47. The molecule has 2 aliphatic rings. The smallest absolute Gasteiger partial charge is 0.272 e. The number of piperidine rings is 1. The van der Waals surface area contributed by atoms with Crippen LogP contribution in [0, 0.1) is 10.1 Å². The van der Waals surface area contributed by atoms with Gasteiger partial charge in [0.05, 0.1) is 18.6 Å². The molecule has 0 aromatic heterocycles. The molecular formula is C23H27N3O4. The molecule has 7 nitrogen and oxygen atoms in total. The second-order valence-electron chi connectivity index (χ2n) is 8.19. The van der Waals surface area contributed by atoms with Crippen molar-refractivity contribution in [3.63, 3.8) is 0 Å². The minimum Gasteiger partial charge on any atom is -0.360 e. The Hall–Kier alpha value is -2.77. The number of likely N-dealkylation sites (tertiary alicyclic amines) is 1. The Morgan fingerprint density at radius 2 is 1.70 bits per heavy atom. The third-order valence-corrected chi connectivity index (χ3v) is 6.19. The number of ether oxygens (including phenoxy) is 1. The number of carbonyl (C=O) groups is 1. The summed E-state index contributed by atoms with van der Waals surface area (Å²) in [5.41, 5.74) is 1.36. The number of benzene rings is 2. The maximum absolute atomic E-state index is 12.7. The average Bonchev–Trinajstić information content (AvgIpc) is 2.77. The van der Waals surface area contributed by atoms with Gasteiger partial charge in [-0.25, -0.2) is 4.90 Å². The van der Waals surface area contributed by atoms with E-state index in [0.717, 1.165) is 11.3 Å². The molecule has 1 spiro atoms. The van der Waals surface area contributed by atoms with E-state index in [-0.39, 0.29) is 10.8 Å². The van der Waals surface area contributed by atoms with Crippen molar-refractivity contribution in [2.24, 2.45) is 0 Å². The van der Waals surface area contributed by atoms with Crippen LogP contribution in [0.25, 0.3) is 0 Å². The van der Waals surface area contributed by atoms with Crippen LogP contribution in [-0.2, 0) is 16.0 Å². The molecule has 0 radical (unpaired) electrons. The van der Waals surface area contributed by atoms with Crippen LogP contribution in [0.5, 0.6) is 0 Å². The number of para-hydroxylation sites is 1. The lowest BCUT2D eigenvalue weighted by atomic mass is 9.87. The zero-order chi connectivity index (χ0) is 21.1. The van der Waals surface area contributed by atoms with E-state index >= 15 is 0 Å². The van der Waals surface area contributed by atoms with Crippen molar-refractivity contribution in [2.75, 3.05) is 24.5 Å². The maximum Gasteiger partial charge on any atom is 0.272 e. The molecule has 2 aromatic carbocycles. The molecule has 0 saturated carbocycles. The third-order valence-electron chi connectivity index (χ3n) is 6.19. The first-order valence-corrected chi connectivity index (χ1v) is 10.4. The quantitative estimate of drug-likeness (QED) is 0.560. The molecule has 2 atom stereocenters. The molecule has 2 saturated heterocycles. The lowest BCUT2D eigenvalue weighted by Crippen LogP contribution is -2.62. The van der Waals surface area contributed by atoms with E-state index in [0.29, 0.717) is 38.9 Å². The summed E-state index contributed by atoms with van der Waals surface area (Å²) in [4.78, 5) is 28.1. The maximum atomic E-state index is 12.7. The number of nitrogens with zero attached hydrogens (tertiary/aromatic N) is 3. The molecule has 2 fully saturated rings. The molecule has 0 aliphatic carbocycles. The highest BCUT2D eigenvalue weighted by molar-refractivity contribution is 5.97. The lowest BCUT2D eigenvalue weighted by Gasteiger charge is -2.49. The van der Waals surface area contributed by atoms with Gasteiger partial charge in [-0.15, -0.1) is 0 Å². The van der Waals surface area contributed by atoms with Crippen molar-refractivity contribution in [2.45, 2.75) is 44.1 Å². The van der Waals surface area contributed by atoms with E-state index in [2.05, 4.69) is 0 Å². The largest absolute Gasteiger partial charge is 0.360 e. The van der Waals surface area contributed by atoms with Crippen molar-refractivity contribution in [3.8, 4) is 0 Å². The van der Waals surface area contributed by atoms with Gasteiger partial charge in [0.2, 0.25) is 0 Å². The van der Waals surface area contributed by atoms with Crippen LogP contribution in [0.3, 0.4) is 0 Å². The van der Waals surface area contributed by atoms with Gasteiger partial charge < -0.3 is 9.64 Å². The Kier molecular flexibility index (Phi) is 5.83. The van der Waals surface area contributed by atoms with E-state index in [1.54, 1.807) is 11.8 Å². The first-order chi connectivity index (χ1) is 14.5. The van der Waals surface area contributed by atoms with Gasteiger partial charge in [-0.3, -0.25) is 14.9 Å². The third kappa shape index (κ3) is 4.22. The van der Waals surface area contributed by atoms with Crippen LogP contribution in [0.15, 0.2) is 60.7 Å². The van der Waals surface area contributed by atoms with Crippen molar-refractivity contribution in [3.05, 3.63) is 76.3 Å². The Bertz CT molecular complexity index is 882. The molecule has 7 heteroatoms. The molecule has 2 heterocycles. The zero-order valence-corrected chi connectivity index (χ0v) is 17.1. The van der Waals surface area contributed by atoms with Crippen molar-refractivity contribution >= 4 is 11.6 Å². The fraction of sp³-hybridized carbons (Fsp3) is 0.435. The summed E-state index contributed by atoms with van der Waals surface area (Å²) in [6.07, 6.45) is 0.422. The minimum absolute atomic E-state index is 0.0403. The molecule has 2 unspecified atom stereocenters. The van der Waals surface area contributed by atoms with Gasteiger partial charge in [0.1, 0.15) is 6.10 Å². The standard InChI is InChI=1S/C23H27N3O4/c1-18-22(27)25(20-10-6-3-7-11-20)17-23(30-18)12-14-24(15-13-23)21(26(28)29)16-19-8-4-2-5-9-19/h2-11,18,21H,12-17H2,1H3. The molecule has 2 aromatic rings. The highest BCUT2D eigenvalue weighted by Gasteiger charge is 2.47. The van der Waals surface area contributed by atoms with Crippen LogP contribution < -0.4 is 4.90 Å². The number of anilines is 1. The number of rotatable bonds is 5. The number of carbonyl (C=O) groups excluding carboxylic acids is 1. The first kappa shape index (κ1) is 20.5. The van der Waals surface area contributed by atoms with Gasteiger partial charge >= 0.3 is 0 Å². The summed E-state index contributed by atoms with van der Waals surface area (Å²) in [6.45, 7) is 3.42. The average molecular weight is 409 g/mol. The number of hydrogen-bond donors (Lipinski definition) is 0. The van der Waals surface area contributed by atoms with Gasteiger partial charge in [0.25, 0.3) is 12.1 Å². The van der Waals surface area contributed by atoms with E-state index < -0.39 is 17.9 Å². The van der Waals surface area contributed by atoms with E-state index in [9.17, 15) is 14.9 Å². The Morgan fingerprint density at radius 3 is 2.30 bits per heavy atom. The fourth-order valence-corrected chi connectivity index (χ4v) is 4.54. The Labute approximate surface area is 176 Å². The van der Waals surface area contributed by atoms with E-state index in [1.807, 2.05) is 65.6 Å². The fourth-order valence-electron chi connectivity index (χ4n) is 4.54. The molecular weight excluding hydrogens is 382 g/mol. The van der Waals surface area contributed by atoms with Crippen molar-refractivity contribution in [1.82, 2.24) is 4.90 Å². The minimum atomic E-state index is -0.752. The van der Waals surface area contributed by atoms with Gasteiger partial charge in [0, 0.05) is 23.7 Å². The highest BCUT2D eigenvalue weighted by Crippen LogP contribution is 2.35. The second kappa shape index (κ2) is 8.53. The van der Waals surface area contributed by atoms with Gasteiger partial charge in [-0.05, 0) is 37.5 Å². The SMILES string of the molecule is CC1OC2(CCN(C(Cc3ccccc3)[N+](=O)[O-])CC2)CN(c2ccccc2)C1=O. The highest BCUT2D eigenvalue weighted by atomic mass is 16.6. The predicted octanol–water partition coefficient (Wildman–Crippen LogP) is 3.12. The molecule has 0 N–H and O–H groups in total. The van der Waals surface area contributed by atoms with Gasteiger partial charge in [0.15, 0.2) is 0 Å². The van der Waals surface area contributed by atoms with E-state index in [1.165, 1.54) is 0 Å². The second-order valence-corrected chi connectivity index (χ2v) is 8.19. The number of morpholine rings is 1. The van der Waals surface area contributed by atoms with Crippen LogP contribution in [-0.4, -0.2) is 53.2 Å². The van der Waals surface area contributed by atoms with Crippen molar-refractivity contribution < 1.29 is 14.5 Å². The summed E-state index contributed by atoms with van der Waals surface area (Å²) in [5, 5.41) is 11.8. The molecule has 30 heavy (non-hydrogen) atoms. The molecule has 0 bridgehead atoms. The van der Waals surface area contributed by atoms with Crippen LogP contribution >= 0.6 is 0 Å². The monoisotopic (exact) mass is 409 g/mol. The number of nitro groups is 1. The first-order valence-electron chi connectivity index (χ1n) is 10.4. The summed E-state index contributed by atoms with van der Waals surface area (Å²) in [7, 11) is 0. The molecule has 4 rings (SSSR count). The molecule has 2 aliphatic heterocycles. The molecule has 1 amide bonds. The topological polar surface area (TPSA) is 75.9 Å². The normalized spacial score (nSPS) is 22.8. The van der Waals surface area contributed by atoms with Crippen LogP contribution in [0.4, 0.5) is 5.69 Å². The summed E-state index contributed by atoms with van der Waals surface area (Å²) < 4.78 is 6.20. The van der Waals surface area contributed by atoms with Crippen LogP contribution in [0.1, 0.15) is 25.3 Å². The van der Waals surface area contributed by atoms with E-state index in [4.69, 9.17) is 4.74 Å². The number of hydrogen-bond acceptors (Lipinski definition) is 5.